The van der Waals surface area contributed by atoms with E-state index in [2.05, 4.69) is 20.4 Å². The average molecular weight is 467 g/mol. The van der Waals surface area contributed by atoms with Crippen LogP contribution in [0.4, 0.5) is 19.1 Å². The summed E-state index contributed by atoms with van der Waals surface area (Å²) in [5.74, 6) is 0.156. The average Bonchev–Trinajstić information content (AvgIpc) is 3.17. The van der Waals surface area contributed by atoms with Gasteiger partial charge >= 0.3 is 6.18 Å². The van der Waals surface area contributed by atoms with Crippen LogP contribution in [0.15, 0.2) is 60.8 Å². The van der Waals surface area contributed by atoms with E-state index >= 15 is 0 Å². The molecule has 0 saturated heterocycles. The first-order chi connectivity index (χ1) is 16.4. The van der Waals surface area contributed by atoms with E-state index in [1.165, 1.54) is 0 Å². The third kappa shape index (κ3) is 4.61. The van der Waals surface area contributed by atoms with E-state index in [1.807, 2.05) is 42.5 Å². The van der Waals surface area contributed by atoms with E-state index < -0.39 is 11.7 Å². The number of nitrogens with zero attached hydrogens (tertiary/aromatic N) is 4. The minimum atomic E-state index is -4.62. The molecule has 34 heavy (non-hydrogen) atoms. The molecule has 2 unspecified atom stereocenters. The lowest BCUT2D eigenvalue weighted by Crippen LogP contribution is -2.35. The summed E-state index contributed by atoms with van der Waals surface area (Å²) in [5.41, 5.74) is 6.85. The second kappa shape index (κ2) is 9.06. The molecular weight excluding hydrogens is 441 g/mol. The standard InChI is InChI=1S/C25H25F3N6/c26-25(27,28)20-14-30-24(31-18-10-6-9-17(29)13-18)32-23(20)22-19-11-4-5-12-21(19)34(33-22)15-16-7-2-1-3-8-16/h1-5,7-8,11-12,14,17-18H,6,9-10,13,15,29H2,(H,30,31,32). The number of para-hydroxylation sites is 1. The molecule has 6 nitrogen and oxygen atoms in total. The topological polar surface area (TPSA) is 81.6 Å². The van der Waals surface area contributed by atoms with Crippen molar-refractivity contribution in [2.24, 2.45) is 5.73 Å². The fourth-order valence-corrected chi connectivity index (χ4v) is 4.56. The molecule has 1 saturated carbocycles. The molecule has 1 aliphatic carbocycles. The highest BCUT2D eigenvalue weighted by atomic mass is 19.4. The van der Waals surface area contributed by atoms with Gasteiger partial charge < -0.3 is 11.1 Å². The third-order valence-electron chi connectivity index (χ3n) is 6.20. The van der Waals surface area contributed by atoms with Gasteiger partial charge in [0.1, 0.15) is 17.0 Å². The van der Waals surface area contributed by atoms with Gasteiger partial charge in [0.25, 0.3) is 0 Å². The van der Waals surface area contributed by atoms with Crippen LogP contribution in [0.2, 0.25) is 0 Å². The first-order valence-electron chi connectivity index (χ1n) is 11.3. The normalized spacial score (nSPS) is 18.8. The van der Waals surface area contributed by atoms with Gasteiger partial charge in [-0.3, -0.25) is 4.68 Å². The number of halogens is 3. The van der Waals surface area contributed by atoms with E-state index in [1.54, 1.807) is 16.8 Å². The summed E-state index contributed by atoms with van der Waals surface area (Å²) in [4.78, 5) is 8.33. The van der Waals surface area contributed by atoms with Crippen molar-refractivity contribution in [2.75, 3.05) is 5.32 Å². The second-order valence-electron chi connectivity index (χ2n) is 8.73. The van der Waals surface area contributed by atoms with Gasteiger partial charge in [-0.25, -0.2) is 9.97 Å². The zero-order chi connectivity index (χ0) is 23.7. The molecule has 2 atom stereocenters. The van der Waals surface area contributed by atoms with Crippen molar-refractivity contribution in [2.45, 2.75) is 50.5 Å². The number of nitrogens with two attached hydrogens (primary N) is 1. The van der Waals surface area contributed by atoms with Gasteiger partial charge in [-0.1, -0.05) is 48.5 Å². The second-order valence-corrected chi connectivity index (χ2v) is 8.73. The van der Waals surface area contributed by atoms with Gasteiger partial charge in [0.15, 0.2) is 0 Å². The molecule has 176 valence electrons. The molecule has 2 aromatic heterocycles. The number of fused-ring (bicyclic) bond motifs is 1. The lowest BCUT2D eigenvalue weighted by atomic mass is 9.92. The van der Waals surface area contributed by atoms with Crippen molar-refractivity contribution >= 4 is 16.9 Å². The smallest absolute Gasteiger partial charge is 0.351 e. The molecule has 0 bridgehead atoms. The Morgan fingerprint density at radius 3 is 2.53 bits per heavy atom. The molecule has 4 aromatic rings. The zero-order valence-electron chi connectivity index (χ0n) is 18.5. The van der Waals surface area contributed by atoms with E-state index in [0.717, 1.165) is 43.0 Å². The van der Waals surface area contributed by atoms with Gasteiger partial charge in [0.2, 0.25) is 5.95 Å². The van der Waals surface area contributed by atoms with Crippen molar-refractivity contribution in [3.63, 3.8) is 0 Å². The lowest BCUT2D eigenvalue weighted by Gasteiger charge is -2.27. The zero-order valence-corrected chi connectivity index (χ0v) is 18.5. The number of hydrogen-bond acceptors (Lipinski definition) is 5. The largest absolute Gasteiger partial charge is 0.420 e. The molecule has 2 heterocycles. The summed E-state index contributed by atoms with van der Waals surface area (Å²) in [6.07, 6.45) is -0.261. The number of anilines is 1. The van der Waals surface area contributed by atoms with Gasteiger partial charge in [0, 0.05) is 23.7 Å². The van der Waals surface area contributed by atoms with E-state index in [4.69, 9.17) is 5.73 Å². The van der Waals surface area contributed by atoms with Crippen LogP contribution in [-0.4, -0.2) is 31.8 Å². The molecule has 0 aliphatic heterocycles. The fraction of sp³-hybridized carbons (Fsp3) is 0.320. The molecule has 2 aromatic carbocycles. The highest BCUT2D eigenvalue weighted by Crippen LogP contribution is 2.38. The van der Waals surface area contributed by atoms with Crippen LogP contribution >= 0.6 is 0 Å². The maximum absolute atomic E-state index is 14.0. The Morgan fingerprint density at radius 1 is 1.00 bits per heavy atom. The van der Waals surface area contributed by atoms with Gasteiger partial charge in [-0.05, 0) is 37.3 Å². The summed E-state index contributed by atoms with van der Waals surface area (Å²) in [7, 11) is 0. The molecule has 0 radical (unpaired) electrons. The van der Waals surface area contributed by atoms with E-state index in [0.29, 0.717) is 11.9 Å². The van der Waals surface area contributed by atoms with Gasteiger partial charge in [-0.2, -0.15) is 18.3 Å². The summed E-state index contributed by atoms with van der Waals surface area (Å²) in [6.45, 7) is 0.429. The minimum absolute atomic E-state index is 0.0284. The van der Waals surface area contributed by atoms with Crippen LogP contribution in [0.1, 0.15) is 36.8 Å². The summed E-state index contributed by atoms with van der Waals surface area (Å²) < 4.78 is 43.7. The summed E-state index contributed by atoms with van der Waals surface area (Å²) >= 11 is 0. The van der Waals surface area contributed by atoms with E-state index in [-0.39, 0.29) is 29.4 Å². The quantitative estimate of drug-likeness (QED) is 0.420. The third-order valence-corrected chi connectivity index (χ3v) is 6.20. The number of hydrogen-bond donors (Lipinski definition) is 2. The monoisotopic (exact) mass is 466 g/mol. The molecular formula is C25H25F3N6. The summed E-state index contributed by atoms with van der Waals surface area (Å²) in [5, 5.41) is 8.40. The number of nitrogens with one attached hydrogen (secondary N) is 1. The Balaban J connectivity index is 1.59. The maximum atomic E-state index is 14.0. The fourth-order valence-electron chi connectivity index (χ4n) is 4.56. The molecule has 1 aliphatic rings. The molecule has 1 fully saturated rings. The molecule has 0 spiro atoms. The highest BCUT2D eigenvalue weighted by Gasteiger charge is 2.37. The Labute approximate surface area is 195 Å². The lowest BCUT2D eigenvalue weighted by molar-refractivity contribution is -0.137. The Hall–Kier alpha value is -3.46. The maximum Gasteiger partial charge on any atom is 0.420 e. The molecule has 0 amide bonds. The predicted molar refractivity (Wildman–Crippen MR) is 125 cm³/mol. The van der Waals surface area contributed by atoms with Gasteiger partial charge in [-0.15, -0.1) is 0 Å². The Bertz CT molecular complexity index is 1290. The van der Waals surface area contributed by atoms with Gasteiger partial charge in [0.05, 0.1) is 12.1 Å². The van der Waals surface area contributed by atoms with Crippen molar-refractivity contribution in [1.82, 2.24) is 19.7 Å². The molecule has 5 rings (SSSR count). The van der Waals surface area contributed by atoms with Crippen LogP contribution in [0.25, 0.3) is 22.3 Å². The first-order valence-corrected chi connectivity index (χ1v) is 11.3. The molecule has 3 N–H and O–H groups in total. The Kier molecular flexibility index (Phi) is 5.95. The number of benzene rings is 2. The van der Waals surface area contributed by atoms with Crippen LogP contribution in [-0.2, 0) is 12.7 Å². The highest BCUT2D eigenvalue weighted by molar-refractivity contribution is 5.93. The van der Waals surface area contributed by atoms with Crippen LogP contribution in [0, 0.1) is 0 Å². The van der Waals surface area contributed by atoms with Crippen molar-refractivity contribution in [1.29, 1.82) is 0 Å². The minimum Gasteiger partial charge on any atom is -0.351 e. The number of rotatable bonds is 5. The number of aromatic nitrogens is 4. The van der Waals surface area contributed by atoms with Crippen molar-refractivity contribution < 1.29 is 13.2 Å². The summed E-state index contributed by atoms with van der Waals surface area (Å²) in [6, 6.07) is 17.0. The predicted octanol–water partition coefficient (Wildman–Crippen LogP) is 5.24. The van der Waals surface area contributed by atoms with Crippen molar-refractivity contribution in [3.05, 3.63) is 71.9 Å². The van der Waals surface area contributed by atoms with E-state index in [9.17, 15) is 13.2 Å². The van der Waals surface area contributed by atoms with Crippen LogP contribution < -0.4 is 11.1 Å². The van der Waals surface area contributed by atoms with Crippen LogP contribution in [0.3, 0.4) is 0 Å². The van der Waals surface area contributed by atoms with Crippen LogP contribution in [0.5, 0.6) is 0 Å². The van der Waals surface area contributed by atoms with Crippen molar-refractivity contribution in [3.8, 4) is 11.4 Å². The number of alkyl halides is 3. The first kappa shape index (κ1) is 22.3. The molecule has 9 heteroatoms. The Morgan fingerprint density at radius 2 is 1.76 bits per heavy atom. The SMILES string of the molecule is NC1CCCC(Nc2ncc(C(F)(F)F)c(-c3nn(Cc4ccccc4)c4ccccc34)n2)C1.